The zero-order chi connectivity index (χ0) is 20.6. The van der Waals surface area contributed by atoms with Crippen LogP contribution in [0, 0.1) is 0 Å². The lowest BCUT2D eigenvalue weighted by molar-refractivity contribution is 0.140. The predicted octanol–water partition coefficient (Wildman–Crippen LogP) is 3.26. The number of nitrogens with zero attached hydrogens (tertiary/aromatic N) is 6. The van der Waals surface area contributed by atoms with Gasteiger partial charge in [-0.05, 0) is 57.5 Å². The van der Waals surface area contributed by atoms with Crippen molar-refractivity contribution in [1.29, 1.82) is 0 Å². The van der Waals surface area contributed by atoms with Gasteiger partial charge in [0.25, 0.3) is 0 Å². The fourth-order valence-corrected chi connectivity index (χ4v) is 4.26. The third-order valence-corrected chi connectivity index (χ3v) is 5.84. The number of hydrogen-bond acceptors (Lipinski definition) is 5. The second-order valence-corrected chi connectivity index (χ2v) is 7.91. The van der Waals surface area contributed by atoms with Gasteiger partial charge in [0.1, 0.15) is 0 Å². The van der Waals surface area contributed by atoms with Crippen molar-refractivity contribution < 1.29 is 4.74 Å². The first kappa shape index (κ1) is 20.9. The zero-order valence-corrected chi connectivity index (χ0v) is 18.1. The second kappa shape index (κ2) is 10.6. The summed E-state index contributed by atoms with van der Waals surface area (Å²) in [5.41, 5.74) is 2.27. The summed E-state index contributed by atoms with van der Waals surface area (Å²) in [5.74, 6) is 1.09. The summed E-state index contributed by atoms with van der Waals surface area (Å²) >= 11 is 0. The van der Waals surface area contributed by atoms with Gasteiger partial charge in [-0.25, -0.2) is 4.98 Å². The number of fused-ring (bicyclic) bond motifs is 1. The molecule has 4 rings (SSSR count). The van der Waals surface area contributed by atoms with E-state index in [1.165, 1.54) is 24.8 Å². The molecule has 1 aliphatic rings. The van der Waals surface area contributed by atoms with Gasteiger partial charge in [-0.3, -0.25) is 4.68 Å². The number of benzene rings is 1. The molecular formula is C23H34N6O. The molecule has 0 unspecified atom stereocenters. The van der Waals surface area contributed by atoms with Gasteiger partial charge in [0.05, 0.1) is 17.6 Å². The molecule has 7 nitrogen and oxygen atoms in total. The van der Waals surface area contributed by atoms with Gasteiger partial charge in [-0.2, -0.15) is 5.10 Å². The van der Waals surface area contributed by atoms with Crippen LogP contribution in [0.1, 0.15) is 26.2 Å². The Kier molecular flexibility index (Phi) is 7.37. The first-order valence-electron chi connectivity index (χ1n) is 11.3. The van der Waals surface area contributed by atoms with E-state index < -0.39 is 0 Å². The molecule has 162 valence electrons. The SMILES string of the molecule is CCOCCn1c(N2CCCN(CCCCn3cccn3)CC2)nc2ccccc21. The third-order valence-electron chi connectivity index (χ3n) is 5.84. The molecule has 0 bridgehead atoms. The molecule has 0 radical (unpaired) electrons. The summed E-state index contributed by atoms with van der Waals surface area (Å²) in [7, 11) is 0. The Labute approximate surface area is 179 Å². The second-order valence-electron chi connectivity index (χ2n) is 7.91. The van der Waals surface area contributed by atoms with Crippen LogP contribution < -0.4 is 4.90 Å². The summed E-state index contributed by atoms with van der Waals surface area (Å²) in [6, 6.07) is 10.4. The normalized spacial score (nSPS) is 15.7. The number of unbranched alkanes of at least 4 members (excludes halogenated alkanes) is 1. The van der Waals surface area contributed by atoms with Crippen LogP contribution >= 0.6 is 0 Å². The van der Waals surface area contributed by atoms with Crippen molar-refractivity contribution in [2.45, 2.75) is 39.3 Å². The highest BCUT2D eigenvalue weighted by molar-refractivity contribution is 5.78. The number of ether oxygens (including phenoxy) is 1. The summed E-state index contributed by atoms with van der Waals surface area (Å²) in [6.07, 6.45) is 7.46. The first-order chi connectivity index (χ1) is 14.8. The Bertz CT molecular complexity index is 890. The smallest absolute Gasteiger partial charge is 0.206 e. The van der Waals surface area contributed by atoms with Crippen molar-refractivity contribution in [3.63, 3.8) is 0 Å². The Morgan fingerprint density at radius 3 is 2.73 bits per heavy atom. The number of imidazole rings is 1. The number of para-hydroxylation sites is 2. The monoisotopic (exact) mass is 410 g/mol. The summed E-state index contributed by atoms with van der Waals surface area (Å²) in [4.78, 5) is 10.1. The molecule has 0 N–H and O–H groups in total. The Hall–Kier alpha value is -2.38. The van der Waals surface area contributed by atoms with E-state index in [9.17, 15) is 0 Å². The van der Waals surface area contributed by atoms with Crippen LogP contribution in [0.5, 0.6) is 0 Å². The Balaban J connectivity index is 1.35. The van der Waals surface area contributed by atoms with E-state index in [2.05, 4.69) is 43.7 Å². The largest absolute Gasteiger partial charge is 0.380 e. The molecule has 0 spiro atoms. The average molecular weight is 411 g/mol. The van der Waals surface area contributed by atoms with Gasteiger partial charge in [0.2, 0.25) is 5.95 Å². The van der Waals surface area contributed by atoms with Crippen LogP contribution in [-0.4, -0.2) is 70.2 Å². The highest BCUT2D eigenvalue weighted by atomic mass is 16.5. The number of rotatable bonds is 10. The van der Waals surface area contributed by atoms with Crippen LogP contribution in [0.25, 0.3) is 11.0 Å². The van der Waals surface area contributed by atoms with E-state index >= 15 is 0 Å². The number of aromatic nitrogens is 4. The van der Waals surface area contributed by atoms with Crippen LogP contribution in [0.4, 0.5) is 5.95 Å². The van der Waals surface area contributed by atoms with Gasteiger partial charge < -0.3 is 19.1 Å². The molecule has 2 aromatic heterocycles. The van der Waals surface area contributed by atoms with E-state index in [0.29, 0.717) is 0 Å². The molecule has 1 saturated heterocycles. The molecule has 30 heavy (non-hydrogen) atoms. The molecule has 0 amide bonds. The van der Waals surface area contributed by atoms with Crippen molar-refractivity contribution in [2.75, 3.05) is 50.8 Å². The maximum atomic E-state index is 5.64. The van der Waals surface area contributed by atoms with E-state index in [4.69, 9.17) is 9.72 Å². The van der Waals surface area contributed by atoms with Crippen LogP contribution in [0.2, 0.25) is 0 Å². The van der Waals surface area contributed by atoms with E-state index in [1.54, 1.807) is 0 Å². The van der Waals surface area contributed by atoms with Crippen molar-refractivity contribution in [3.05, 3.63) is 42.7 Å². The van der Waals surface area contributed by atoms with Gasteiger partial charge >= 0.3 is 0 Å². The molecule has 0 saturated carbocycles. The Morgan fingerprint density at radius 2 is 1.87 bits per heavy atom. The molecule has 7 heteroatoms. The minimum Gasteiger partial charge on any atom is -0.380 e. The zero-order valence-electron chi connectivity index (χ0n) is 18.1. The molecule has 3 aromatic rings. The van der Waals surface area contributed by atoms with Crippen molar-refractivity contribution in [1.82, 2.24) is 24.2 Å². The van der Waals surface area contributed by atoms with Crippen molar-refractivity contribution in [2.24, 2.45) is 0 Å². The Morgan fingerprint density at radius 1 is 0.967 bits per heavy atom. The maximum Gasteiger partial charge on any atom is 0.206 e. The summed E-state index contributed by atoms with van der Waals surface area (Å²) in [5, 5.41) is 4.29. The molecule has 0 aliphatic carbocycles. The maximum absolute atomic E-state index is 5.64. The molecule has 1 aliphatic heterocycles. The van der Waals surface area contributed by atoms with Crippen LogP contribution in [0.3, 0.4) is 0 Å². The lowest BCUT2D eigenvalue weighted by atomic mass is 10.3. The molecule has 1 aromatic carbocycles. The van der Waals surface area contributed by atoms with E-state index in [1.807, 2.05) is 30.1 Å². The number of hydrogen-bond donors (Lipinski definition) is 0. The average Bonchev–Trinajstić information content (AvgIpc) is 3.34. The van der Waals surface area contributed by atoms with E-state index in [0.717, 1.165) is 70.5 Å². The van der Waals surface area contributed by atoms with Crippen LogP contribution in [-0.2, 0) is 17.8 Å². The molecule has 3 heterocycles. The molecular weight excluding hydrogens is 376 g/mol. The molecule has 0 atom stereocenters. The number of anilines is 1. The third kappa shape index (κ3) is 5.21. The number of aryl methyl sites for hydroxylation is 1. The van der Waals surface area contributed by atoms with Gasteiger partial charge in [0, 0.05) is 51.7 Å². The summed E-state index contributed by atoms with van der Waals surface area (Å²) in [6.45, 7) is 10.9. The summed E-state index contributed by atoms with van der Waals surface area (Å²) < 4.78 is 10.0. The fraction of sp³-hybridized carbons (Fsp3) is 0.565. The minimum atomic E-state index is 0.722. The quantitative estimate of drug-likeness (QED) is 0.480. The first-order valence-corrected chi connectivity index (χ1v) is 11.3. The standard InChI is InChI=1S/C23H34N6O/c1-2-30-20-19-29-22-10-4-3-9-21(22)25-23(29)27-14-8-13-26(17-18-27)12-5-6-15-28-16-7-11-24-28/h3-4,7,9-11,16H,2,5-6,8,12-15,17-20H2,1H3. The van der Waals surface area contributed by atoms with Gasteiger partial charge in [0.15, 0.2) is 0 Å². The predicted molar refractivity (Wildman–Crippen MR) is 121 cm³/mol. The highest BCUT2D eigenvalue weighted by Crippen LogP contribution is 2.23. The van der Waals surface area contributed by atoms with E-state index in [-0.39, 0.29) is 0 Å². The van der Waals surface area contributed by atoms with Crippen molar-refractivity contribution >= 4 is 17.0 Å². The van der Waals surface area contributed by atoms with Gasteiger partial charge in [-0.1, -0.05) is 12.1 Å². The highest BCUT2D eigenvalue weighted by Gasteiger charge is 2.20. The molecule has 1 fully saturated rings. The minimum absolute atomic E-state index is 0.722. The van der Waals surface area contributed by atoms with Crippen LogP contribution in [0.15, 0.2) is 42.7 Å². The lowest BCUT2D eigenvalue weighted by Gasteiger charge is -2.24. The lowest BCUT2D eigenvalue weighted by Crippen LogP contribution is -2.33. The topological polar surface area (TPSA) is 51.4 Å². The van der Waals surface area contributed by atoms with Crippen molar-refractivity contribution in [3.8, 4) is 0 Å². The fourth-order valence-electron chi connectivity index (χ4n) is 4.26. The van der Waals surface area contributed by atoms with Gasteiger partial charge in [-0.15, -0.1) is 0 Å².